The summed E-state index contributed by atoms with van der Waals surface area (Å²) in [6.45, 7) is 6.90. The molecule has 1 aromatic heterocycles. The lowest BCUT2D eigenvalue weighted by Crippen LogP contribution is -2.33. The van der Waals surface area contributed by atoms with Gasteiger partial charge in [-0.1, -0.05) is 13.3 Å². The van der Waals surface area contributed by atoms with E-state index in [4.69, 9.17) is 4.74 Å². The Kier molecular flexibility index (Phi) is 6.21. The molecule has 20 heavy (non-hydrogen) atoms. The Morgan fingerprint density at radius 3 is 2.90 bits per heavy atom. The summed E-state index contributed by atoms with van der Waals surface area (Å²) < 4.78 is 19.6. The molecule has 0 amide bonds. The van der Waals surface area contributed by atoms with Crippen molar-refractivity contribution in [2.75, 3.05) is 32.8 Å². The number of piperidine rings is 1. The number of aromatic nitrogens is 1. The van der Waals surface area contributed by atoms with Crippen LogP contribution in [0.3, 0.4) is 0 Å². The number of rotatable bonds is 7. The van der Waals surface area contributed by atoms with Gasteiger partial charge in [0.2, 0.25) is 0 Å². The van der Waals surface area contributed by atoms with E-state index in [-0.39, 0.29) is 11.7 Å². The molecule has 1 aromatic rings. The van der Waals surface area contributed by atoms with Gasteiger partial charge in [-0.25, -0.2) is 9.37 Å². The number of ether oxygens (including phenoxy) is 1. The topological polar surface area (TPSA) is 37.4 Å². The number of halogens is 1. The van der Waals surface area contributed by atoms with Gasteiger partial charge in [0.1, 0.15) is 6.61 Å². The van der Waals surface area contributed by atoms with Crippen molar-refractivity contribution in [2.45, 2.75) is 32.7 Å². The van der Waals surface area contributed by atoms with Crippen LogP contribution in [0.4, 0.5) is 4.39 Å². The molecule has 112 valence electrons. The van der Waals surface area contributed by atoms with Crippen molar-refractivity contribution in [1.82, 2.24) is 15.2 Å². The molecule has 1 saturated heterocycles. The van der Waals surface area contributed by atoms with Crippen molar-refractivity contribution in [3.05, 3.63) is 23.6 Å². The molecule has 0 unspecified atom stereocenters. The van der Waals surface area contributed by atoms with E-state index in [1.54, 1.807) is 12.3 Å². The normalized spacial score (nSPS) is 16.3. The molecule has 5 heteroatoms. The SMILES string of the molecule is CCNCc1ccnc(OCCN2CCCCC2)c1F. The minimum absolute atomic E-state index is 0.123. The molecule has 0 aromatic carbocycles. The molecule has 4 nitrogen and oxygen atoms in total. The summed E-state index contributed by atoms with van der Waals surface area (Å²) in [4.78, 5) is 6.35. The van der Waals surface area contributed by atoms with E-state index < -0.39 is 0 Å². The average molecular weight is 281 g/mol. The molecule has 2 heterocycles. The Morgan fingerprint density at radius 2 is 2.15 bits per heavy atom. The molecule has 1 N–H and O–H groups in total. The predicted molar refractivity (Wildman–Crippen MR) is 77.4 cm³/mol. The predicted octanol–water partition coefficient (Wildman–Crippen LogP) is 2.19. The lowest BCUT2D eigenvalue weighted by Gasteiger charge is -2.26. The maximum absolute atomic E-state index is 14.1. The first-order valence-corrected chi connectivity index (χ1v) is 7.50. The molecule has 2 rings (SSSR count). The van der Waals surface area contributed by atoms with E-state index >= 15 is 0 Å². The van der Waals surface area contributed by atoms with E-state index in [0.29, 0.717) is 18.7 Å². The minimum atomic E-state index is -0.341. The summed E-state index contributed by atoms with van der Waals surface area (Å²) in [5.41, 5.74) is 0.606. The van der Waals surface area contributed by atoms with Crippen molar-refractivity contribution < 1.29 is 9.13 Å². The van der Waals surface area contributed by atoms with Gasteiger partial charge >= 0.3 is 0 Å². The van der Waals surface area contributed by atoms with E-state index in [0.717, 1.165) is 26.2 Å². The molecule has 0 radical (unpaired) electrons. The van der Waals surface area contributed by atoms with Gasteiger partial charge in [-0.3, -0.25) is 4.90 Å². The second kappa shape index (κ2) is 8.17. The van der Waals surface area contributed by atoms with Gasteiger partial charge in [0.25, 0.3) is 5.88 Å². The van der Waals surface area contributed by atoms with E-state index in [1.165, 1.54) is 19.3 Å². The van der Waals surface area contributed by atoms with Crippen molar-refractivity contribution in [2.24, 2.45) is 0 Å². The number of hydrogen-bond donors (Lipinski definition) is 1. The number of nitrogens with zero attached hydrogens (tertiary/aromatic N) is 2. The van der Waals surface area contributed by atoms with Crippen LogP contribution in [0.25, 0.3) is 0 Å². The van der Waals surface area contributed by atoms with E-state index in [1.807, 2.05) is 6.92 Å². The molecular formula is C15H24FN3O. The molecule has 0 aliphatic carbocycles. The summed E-state index contributed by atoms with van der Waals surface area (Å²) >= 11 is 0. The van der Waals surface area contributed by atoms with Crippen molar-refractivity contribution in [1.29, 1.82) is 0 Å². The first-order valence-electron chi connectivity index (χ1n) is 7.50. The lowest BCUT2D eigenvalue weighted by molar-refractivity contribution is 0.177. The Balaban J connectivity index is 1.82. The largest absolute Gasteiger partial charge is 0.474 e. The standard InChI is InChI=1S/C15H24FN3O/c1-2-17-12-13-6-7-18-15(14(13)16)20-11-10-19-8-4-3-5-9-19/h6-7,17H,2-5,8-12H2,1H3. The van der Waals surface area contributed by atoms with Crippen LogP contribution in [0.1, 0.15) is 31.7 Å². The van der Waals surface area contributed by atoms with Crippen LogP contribution in [0.2, 0.25) is 0 Å². The quantitative estimate of drug-likeness (QED) is 0.831. The Bertz CT molecular complexity index is 408. The van der Waals surface area contributed by atoms with E-state index in [9.17, 15) is 4.39 Å². The molecular weight excluding hydrogens is 257 g/mol. The zero-order valence-electron chi connectivity index (χ0n) is 12.2. The maximum Gasteiger partial charge on any atom is 0.250 e. The minimum Gasteiger partial charge on any atom is -0.474 e. The molecule has 1 aliphatic heterocycles. The first kappa shape index (κ1) is 15.2. The molecule has 0 atom stereocenters. The van der Waals surface area contributed by atoms with Crippen LogP contribution in [-0.2, 0) is 6.54 Å². The van der Waals surface area contributed by atoms with Gasteiger partial charge < -0.3 is 10.1 Å². The summed E-state index contributed by atoms with van der Waals surface area (Å²) in [7, 11) is 0. The Labute approximate surface area is 120 Å². The van der Waals surface area contributed by atoms with Crippen LogP contribution in [0.15, 0.2) is 12.3 Å². The highest BCUT2D eigenvalue weighted by molar-refractivity contribution is 5.23. The van der Waals surface area contributed by atoms with Gasteiger partial charge in [0.15, 0.2) is 5.82 Å². The number of pyridine rings is 1. The fourth-order valence-electron chi connectivity index (χ4n) is 2.41. The molecule has 1 fully saturated rings. The van der Waals surface area contributed by atoms with Crippen LogP contribution >= 0.6 is 0 Å². The Hall–Kier alpha value is -1.20. The van der Waals surface area contributed by atoms with Gasteiger partial charge in [-0.15, -0.1) is 0 Å². The summed E-state index contributed by atoms with van der Waals surface area (Å²) in [6.07, 6.45) is 5.43. The average Bonchev–Trinajstić information content (AvgIpc) is 2.49. The fourth-order valence-corrected chi connectivity index (χ4v) is 2.41. The smallest absolute Gasteiger partial charge is 0.250 e. The molecule has 1 aliphatic rings. The first-order chi connectivity index (χ1) is 9.81. The third kappa shape index (κ3) is 4.42. The third-order valence-corrected chi connectivity index (χ3v) is 3.60. The summed E-state index contributed by atoms with van der Waals surface area (Å²) in [5.74, 6) is -0.218. The molecule has 0 bridgehead atoms. The van der Waals surface area contributed by atoms with Crippen molar-refractivity contribution in [3.8, 4) is 5.88 Å². The van der Waals surface area contributed by atoms with Crippen LogP contribution in [-0.4, -0.2) is 42.7 Å². The highest BCUT2D eigenvalue weighted by Gasteiger charge is 2.12. The Morgan fingerprint density at radius 1 is 1.35 bits per heavy atom. The third-order valence-electron chi connectivity index (χ3n) is 3.60. The highest BCUT2D eigenvalue weighted by Crippen LogP contribution is 2.17. The zero-order valence-corrected chi connectivity index (χ0v) is 12.2. The second-order valence-corrected chi connectivity index (χ2v) is 5.12. The highest BCUT2D eigenvalue weighted by atomic mass is 19.1. The zero-order chi connectivity index (χ0) is 14.2. The summed E-state index contributed by atoms with van der Waals surface area (Å²) in [6, 6.07) is 1.69. The van der Waals surface area contributed by atoms with Crippen LogP contribution in [0.5, 0.6) is 5.88 Å². The number of hydrogen-bond acceptors (Lipinski definition) is 4. The number of nitrogens with one attached hydrogen (secondary N) is 1. The van der Waals surface area contributed by atoms with Gasteiger partial charge in [0, 0.05) is 24.8 Å². The second-order valence-electron chi connectivity index (χ2n) is 5.12. The van der Waals surface area contributed by atoms with Crippen molar-refractivity contribution in [3.63, 3.8) is 0 Å². The van der Waals surface area contributed by atoms with Gasteiger partial charge in [-0.2, -0.15) is 0 Å². The van der Waals surface area contributed by atoms with Gasteiger partial charge in [0.05, 0.1) is 0 Å². The van der Waals surface area contributed by atoms with Crippen LogP contribution < -0.4 is 10.1 Å². The number of likely N-dealkylation sites (tertiary alicyclic amines) is 1. The fraction of sp³-hybridized carbons (Fsp3) is 0.667. The van der Waals surface area contributed by atoms with E-state index in [2.05, 4.69) is 15.2 Å². The molecule has 0 spiro atoms. The van der Waals surface area contributed by atoms with Gasteiger partial charge in [-0.05, 0) is 38.5 Å². The maximum atomic E-state index is 14.1. The summed E-state index contributed by atoms with van der Waals surface area (Å²) in [5, 5.41) is 3.11. The lowest BCUT2D eigenvalue weighted by atomic mass is 10.1. The monoisotopic (exact) mass is 281 g/mol. The van der Waals surface area contributed by atoms with Crippen LogP contribution in [0, 0.1) is 5.82 Å². The molecule has 0 saturated carbocycles. The van der Waals surface area contributed by atoms with Crippen molar-refractivity contribution >= 4 is 0 Å².